The zero-order chi connectivity index (χ0) is 18.0. The molecule has 6 nitrogen and oxygen atoms in total. The Hall–Kier alpha value is -1.57. The van der Waals surface area contributed by atoms with Crippen molar-refractivity contribution in [3.63, 3.8) is 0 Å². The number of halogens is 1. The van der Waals surface area contributed by atoms with Crippen LogP contribution >= 0.6 is 23.4 Å². The van der Waals surface area contributed by atoms with Gasteiger partial charge in [0.05, 0.1) is 30.7 Å². The van der Waals surface area contributed by atoms with Gasteiger partial charge in [-0.25, -0.2) is 4.98 Å². The topological polar surface area (TPSA) is 70.4 Å². The summed E-state index contributed by atoms with van der Waals surface area (Å²) in [5, 5.41) is 0.989. The standard InChI is InChI=1S/C17H19ClN2O4S/c1-10(16(22)23-2)25-17-19-14-8-11(18)5-6-13(14)15(21)20(17)9-12-4-3-7-24-12/h5-6,8,10,12H,3-4,7,9H2,1-2H3/t10-,12+/m1/s1. The number of benzene rings is 1. The lowest BCUT2D eigenvalue weighted by Crippen LogP contribution is -2.29. The van der Waals surface area contributed by atoms with Gasteiger partial charge in [-0.2, -0.15) is 0 Å². The molecule has 0 aliphatic carbocycles. The number of hydrogen-bond donors (Lipinski definition) is 0. The van der Waals surface area contributed by atoms with Gasteiger partial charge in [0.15, 0.2) is 5.16 Å². The molecule has 8 heteroatoms. The number of carbonyl (C=O) groups excluding carboxylic acids is 1. The largest absolute Gasteiger partial charge is 0.468 e. The first-order valence-corrected chi connectivity index (χ1v) is 9.31. The number of esters is 1. The van der Waals surface area contributed by atoms with Gasteiger partial charge < -0.3 is 9.47 Å². The van der Waals surface area contributed by atoms with Gasteiger partial charge in [0, 0.05) is 11.6 Å². The Bertz CT molecular complexity index is 848. The minimum Gasteiger partial charge on any atom is -0.468 e. The number of hydrogen-bond acceptors (Lipinski definition) is 6. The van der Waals surface area contributed by atoms with Crippen LogP contribution in [0.25, 0.3) is 10.9 Å². The molecule has 0 radical (unpaired) electrons. The van der Waals surface area contributed by atoms with Gasteiger partial charge in [0.25, 0.3) is 5.56 Å². The Labute approximate surface area is 154 Å². The first-order chi connectivity index (χ1) is 12.0. The number of thioether (sulfide) groups is 1. The van der Waals surface area contributed by atoms with E-state index >= 15 is 0 Å². The van der Waals surface area contributed by atoms with Crippen LogP contribution in [0.4, 0.5) is 0 Å². The molecule has 0 N–H and O–H groups in total. The van der Waals surface area contributed by atoms with Gasteiger partial charge in [-0.15, -0.1) is 0 Å². The van der Waals surface area contributed by atoms with Crippen LogP contribution in [0.2, 0.25) is 5.02 Å². The second-order valence-electron chi connectivity index (χ2n) is 5.89. The highest BCUT2D eigenvalue weighted by atomic mass is 35.5. The minimum atomic E-state index is -0.482. The number of rotatable bonds is 5. The molecule has 3 rings (SSSR count). The van der Waals surface area contributed by atoms with Crippen LogP contribution in [0.3, 0.4) is 0 Å². The Balaban J connectivity index is 2.06. The zero-order valence-corrected chi connectivity index (χ0v) is 15.6. The molecule has 1 aliphatic heterocycles. The number of methoxy groups -OCH3 is 1. The summed E-state index contributed by atoms with van der Waals surface area (Å²) in [6.45, 7) is 2.85. The summed E-state index contributed by atoms with van der Waals surface area (Å²) in [6, 6.07) is 5.01. The number of aromatic nitrogens is 2. The first kappa shape index (κ1) is 18.2. The Kier molecular flexibility index (Phi) is 5.66. The Morgan fingerprint density at radius 1 is 1.56 bits per heavy atom. The molecule has 2 aromatic rings. The summed E-state index contributed by atoms with van der Waals surface area (Å²) in [5.41, 5.74) is 0.359. The summed E-state index contributed by atoms with van der Waals surface area (Å²) in [4.78, 5) is 29.3. The van der Waals surface area contributed by atoms with Crippen LogP contribution in [0.15, 0.2) is 28.2 Å². The third kappa shape index (κ3) is 3.99. The summed E-state index contributed by atoms with van der Waals surface area (Å²) in [5.74, 6) is -0.367. The SMILES string of the molecule is COC(=O)[C@@H](C)Sc1nc2cc(Cl)ccc2c(=O)n1C[C@@H]1CCCO1. The van der Waals surface area contributed by atoms with E-state index in [1.165, 1.54) is 18.9 Å². The lowest BCUT2D eigenvalue weighted by atomic mass is 10.2. The molecule has 25 heavy (non-hydrogen) atoms. The fourth-order valence-corrected chi connectivity index (χ4v) is 3.90. The first-order valence-electron chi connectivity index (χ1n) is 8.06. The van der Waals surface area contributed by atoms with Crippen molar-refractivity contribution in [2.45, 2.75) is 42.8 Å². The van der Waals surface area contributed by atoms with Crippen molar-refractivity contribution >= 4 is 40.2 Å². The average Bonchev–Trinajstić information content (AvgIpc) is 3.10. The number of carbonyl (C=O) groups is 1. The van der Waals surface area contributed by atoms with Gasteiger partial charge in [0.1, 0.15) is 5.25 Å². The van der Waals surface area contributed by atoms with Gasteiger partial charge in [-0.05, 0) is 38.0 Å². The van der Waals surface area contributed by atoms with Crippen LogP contribution in [-0.4, -0.2) is 40.6 Å². The average molecular weight is 383 g/mol. The van der Waals surface area contributed by atoms with Crippen LogP contribution in [0.1, 0.15) is 19.8 Å². The van der Waals surface area contributed by atoms with E-state index in [9.17, 15) is 9.59 Å². The maximum Gasteiger partial charge on any atom is 0.318 e. The Morgan fingerprint density at radius 2 is 2.36 bits per heavy atom. The molecule has 1 aliphatic rings. The van der Waals surface area contributed by atoms with E-state index in [0.717, 1.165) is 12.8 Å². The van der Waals surface area contributed by atoms with E-state index in [-0.39, 0.29) is 17.6 Å². The van der Waals surface area contributed by atoms with Crippen LogP contribution in [0, 0.1) is 0 Å². The molecule has 134 valence electrons. The van der Waals surface area contributed by atoms with Crippen LogP contribution < -0.4 is 5.56 Å². The zero-order valence-electron chi connectivity index (χ0n) is 14.0. The molecule has 0 unspecified atom stereocenters. The van der Waals surface area contributed by atoms with Gasteiger partial charge >= 0.3 is 5.97 Å². The summed E-state index contributed by atoms with van der Waals surface area (Å²) < 4.78 is 12.0. The molecule has 0 bridgehead atoms. The van der Waals surface area contributed by atoms with Crippen molar-refractivity contribution in [3.8, 4) is 0 Å². The van der Waals surface area contributed by atoms with E-state index in [0.29, 0.717) is 34.2 Å². The third-order valence-corrected chi connectivity index (χ3v) is 5.41. The number of nitrogens with zero attached hydrogens (tertiary/aromatic N) is 2. The highest BCUT2D eigenvalue weighted by Gasteiger charge is 2.23. The van der Waals surface area contributed by atoms with Crippen molar-refractivity contribution < 1.29 is 14.3 Å². The fourth-order valence-electron chi connectivity index (χ4n) is 2.79. The van der Waals surface area contributed by atoms with Crippen molar-refractivity contribution in [1.29, 1.82) is 0 Å². The number of ether oxygens (including phenoxy) is 2. The Morgan fingerprint density at radius 3 is 3.04 bits per heavy atom. The highest BCUT2D eigenvalue weighted by Crippen LogP contribution is 2.25. The fraction of sp³-hybridized carbons (Fsp3) is 0.471. The van der Waals surface area contributed by atoms with E-state index in [4.69, 9.17) is 21.1 Å². The predicted molar refractivity (Wildman–Crippen MR) is 97.3 cm³/mol. The summed E-state index contributed by atoms with van der Waals surface area (Å²) in [7, 11) is 1.34. The van der Waals surface area contributed by atoms with Gasteiger partial charge in [-0.1, -0.05) is 23.4 Å². The van der Waals surface area contributed by atoms with E-state index in [2.05, 4.69) is 4.98 Å². The minimum absolute atomic E-state index is 0.0166. The molecule has 0 saturated carbocycles. The van der Waals surface area contributed by atoms with Gasteiger partial charge in [-0.3, -0.25) is 14.2 Å². The second-order valence-corrected chi connectivity index (χ2v) is 7.63. The molecule has 1 aromatic carbocycles. The van der Waals surface area contributed by atoms with Crippen molar-refractivity contribution in [2.24, 2.45) is 0 Å². The van der Waals surface area contributed by atoms with Crippen LogP contribution in [0.5, 0.6) is 0 Å². The second kappa shape index (κ2) is 7.76. The van der Waals surface area contributed by atoms with Crippen LogP contribution in [-0.2, 0) is 20.8 Å². The smallest absolute Gasteiger partial charge is 0.318 e. The molecule has 1 saturated heterocycles. The van der Waals surface area contributed by atoms with E-state index in [1.807, 2.05) is 0 Å². The highest BCUT2D eigenvalue weighted by molar-refractivity contribution is 8.00. The molecule has 0 spiro atoms. The van der Waals surface area contributed by atoms with Crippen molar-refractivity contribution in [2.75, 3.05) is 13.7 Å². The van der Waals surface area contributed by atoms with Crippen molar-refractivity contribution in [3.05, 3.63) is 33.6 Å². The summed E-state index contributed by atoms with van der Waals surface area (Å²) >= 11 is 7.23. The van der Waals surface area contributed by atoms with Crippen molar-refractivity contribution in [1.82, 2.24) is 9.55 Å². The predicted octanol–water partition coefficient (Wildman–Crippen LogP) is 2.88. The quantitative estimate of drug-likeness (QED) is 0.450. The lowest BCUT2D eigenvalue weighted by Gasteiger charge is -2.18. The van der Waals surface area contributed by atoms with Gasteiger partial charge in [0.2, 0.25) is 0 Å². The maximum atomic E-state index is 13.0. The molecule has 1 fully saturated rings. The van der Waals surface area contributed by atoms with E-state index < -0.39 is 5.25 Å². The monoisotopic (exact) mass is 382 g/mol. The molecule has 2 atom stereocenters. The normalized spacial score (nSPS) is 18.4. The lowest BCUT2D eigenvalue weighted by molar-refractivity contribution is -0.139. The number of fused-ring (bicyclic) bond motifs is 1. The third-order valence-electron chi connectivity index (χ3n) is 4.11. The molecule has 1 aromatic heterocycles. The molecular weight excluding hydrogens is 364 g/mol. The maximum absolute atomic E-state index is 13.0. The molecule has 2 heterocycles. The summed E-state index contributed by atoms with van der Waals surface area (Å²) in [6.07, 6.45) is 1.87. The molecular formula is C17H19ClN2O4S. The molecule has 0 amide bonds. The van der Waals surface area contributed by atoms with E-state index in [1.54, 1.807) is 29.7 Å².